The lowest BCUT2D eigenvalue weighted by molar-refractivity contribution is -0.117. The molecule has 0 saturated heterocycles. The van der Waals surface area contributed by atoms with Crippen molar-refractivity contribution in [3.63, 3.8) is 0 Å². The van der Waals surface area contributed by atoms with E-state index in [2.05, 4.69) is 15.6 Å². The zero-order chi connectivity index (χ0) is 19.5. The predicted molar refractivity (Wildman–Crippen MR) is 112 cm³/mol. The van der Waals surface area contributed by atoms with Gasteiger partial charge >= 0.3 is 0 Å². The van der Waals surface area contributed by atoms with Gasteiger partial charge in [-0.15, -0.1) is 11.3 Å². The third-order valence-corrected chi connectivity index (χ3v) is 6.18. The van der Waals surface area contributed by atoms with Gasteiger partial charge < -0.3 is 10.6 Å². The molecule has 0 spiro atoms. The van der Waals surface area contributed by atoms with Crippen molar-refractivity contribution in [1.82, 2.24) is 10.3 Å². The SMILES string of the molecule is Cc1nc(N/C=C(/C#N)C(=O)NC2CCCCCCCCCCC2)sc1C. The molecule has 1 fully saturated rings. The summed E-state index contributed by atoms with van der Waals surface area (Å²) in [5.41, 5.74) is 1.07. The van der Waals surface area contributed by atoms with Crippen molar-refractivity contribution >= 4 is 22.4 Å². The molecule has 0 aliphatic heterocycles. The van der Waals surface area contributed by atoms with Crippen LogP contribution >= 0.6 is 11.3 Å². The fourth-order valence-corrected chi connectivity index (χ4v) is 4.17. The molecule has 0 aromatic carbocycles. The smallest absolute Gasteiger partial charge is 0.263 e. The summed E-state index contributed by atoms with van der Waals surface area (Å²) >= 11 is 1.52. The molecular formula is C21H32N4OS. The maximum absolute atomic E-state index is 12.6. The molecule has 27 heavy (non-hydrogen) atoms. The highest BCUT2D eigenvalue weighted by atomic mass is 32.1. The second kappa shape index (κ2) is 11.8. The lowest BCUT2D eigenvalue weighted by Gasteiger charge is -2.19. The average Bonchev–Trinajstić information content (AvgIpc) is 2.95. The van der Waals surface area contributed by atoms with Crippen LogP contribution < -0.4 is 10.6 Å². The van der Waals surface area contributed by atoms with Crippen LogP contribution in [-0.4, -0.2) is 16.9 Å². The maximum atomic E-state index is 12.6. The van der Waals surface area contributed by atoms with E-state index in [1.807, 2.05) is 19.9 Å². The minimum atomic E-state index is -0.285. The van der Waals surface area contributed by atoms with Crippen LogP contribution in [0, 0.1) is 25.2 Å². The Kier molecular flexibility index (Phi) is 9.34. The number of aromatic nitrogens is 1. The summed E-state index contributed by atoms with van der Waals surface area (Å²) in [5.74, 6) is -0.285. The summed E-state index contributed by atoms with van der Waals surface area (Å²) < 4.78 is 0. The van der Waals surface area contributed by atoms with Crippen LogP contribution in [0.25, 0.3) is 0 Å². The van der Waals surface area contributed by atoms with Crippen molar-refractivity contribution in [1.29, 1.82) is 5.26 Å². The molecule has 1 aromatic rings. The van der Waals surface area contributed by atoms with Gasteiger partial charge in [0.2, 0.25) is 0 Å². The zero-order valence-electron chi connectivity index (χ0n) is 16.6. The lowest BCUT2D eigenvalue weighted by atomic mass is 9.98. The number of rotatable bonds is 4. The molecule has 5 nitrogen and oxygen atoms in total. The Morgan fingerprint density at radius 3 is 2.11 bits per heavy atom. The van der Waals surface area contributed by atoms with E-state index in [9.17, 15) is 10.1 Å². The number of aryl methyl sites for hydroxylation is 2. The van der Waals surface area contributed by atoms with E-state index in [1.165, 1.54) is 62.5 Å². The first-order valence-corrected chi connectivity index (χ1v) is 11.0. The van der Waals surface area contributed by atoms with Crippen LogP contribution in [0.2, 0.25) is 0 Å². The molecule has 0 bridgehead atoms. The van der Waals surface area contributed by atoms with Crippen molar-refractivity contribution in [2.45, 2.75) is 90.5 Å². The average molecular weight is 389 g/mol. The first kappa shape index (κ1) is 21.4. The van der Waals surface area contributed by atoms with E-state index in [4.69, 9.17) is 0 Å². The number of hydrogen-bond acceptors (Lipinski definition) is 5. The van der Waals surface area contributed by atoms with E-state index in [0.29, 0.717) is 5.13 Å². The number of carbonyl (C=O) groups is 1. The largest absolute Gasteiger partial charge is 0.349 e. The topological polar surface area (TPSA) is 77.8 Å². The summed E-state index contributed by atoms with van der Waals surface area (Å²) in [6.07, 6.45) is 14.9. The number of nitriles is 1. The van der Waals surface area contributed by atoms with Crippen LogP contribution in [0.3, 0.4) is 0 Å². The third-order valence-electron chi connectivity index (χ3n) is 5.17. The van der Waals surface area contributed by atoms with Gasteiger partial charge in [0.1, 0.15) is 11.6 Å². The Morgan fingerprint density at radius 1 is 1.07 bits per heavy atom. The minimum absolute atomic E-state index is 0.103. The highest BCUT2D eigenvalue weighted by molar-refractivity contribution is 7.15. The van der Waals surface area contributed by atoms with Crippen LogP contribution in [0.1, 0.15) is 81.2 Å². The number of amides is 1. The number of anilines is 1. The Morgan fingerprint density at radius 2 is 1.63 bits per heavy atom. The van der Waals surface area contributed by atoms with Gasteiger partial charge in [-0.3, -0.25) is 4.79 Å². The van der Waals surface area contributed by atoms with Gasteiger partial charge in [0.05, 0.1) is 5.69 Å². The molecule has 1 aromatic heterocycles. The Hall–Kier alpha value is -1.87. The van der Waals surface area contributed by atoms with Crippen molar-refractivity contribution in [3.8, 4) is 6.07 Å². The Labute approximate surface area is 167 Å². The van der Waals surface area contributed by atoms with Gasteiger partial charge in [0, 0.05) is 17.1 Å². The van der Waals surface area contributed by atoms with Gasteiger partial charge in [-0.2, -0.15) is 5.26 Å². The molecule has 1 amide bonds. The predicted octanol–water partition coefficient (Wildman–Crippen LogP) is 5.37. The van der Waals surface area contributed by atoms with E-state index in [0.717, 1.165) is 36.3 Å². The number of nitrogens with one attached hydrogen (secondary N) is 2. The van der Waals surface area contributed by atoms with Crippen molar-refractivity contribution < 1.29 is 4.79 Å². The summed E-state index contributed by atoms with van der Waals surface area (Å²) in [7, 11) is 0. The summed E-state index contributed by atoms with van der Waals surface area (Å²) in [6.45, 7) is 3.95. The van der Waals surface area contributed by atoms with Gasteiger partial charge in [-0.25, -0.2) is 4.98 Å². The molecule has 148 valence electrons. The third kappa shape index (κ3) is 7.72. The molecular weight excluding hydrogens is 356 g/mol. The first-order chi connectivity index (χ1) is 13.1. The maximum Gasteiger partial charge on any atom is 0.263 e. The van der Waals surface area contributed by atoms with Gasteiger partial charge in [0.15, 0.2) is 5.13 Å². The van der Waals surface area contributed by atoms with Gasteiger partial charge in [-0.05, 0) is 26.7 Å². The second-order valence-corrected chi connectivity index (χ2v) is 8.61. The van der Waals surface area contributed by atoms with Gasteiger partial charge in [0.25, 0.3) is 5.91 Å². The Balaban J connectivity index is 1.91. The zero-order valence-corrected chi connectivity index (χ0v) is 17.5. The van der Waals surface area contributed by atoms with Crippen LogP contribution in [0.5, 0.6) is 0 Å². The first-order valence-electron chi connectivity index (χ1n) is 10.2. The molecule has 0 radical (unpaired) electrons. The summed E-state index contributed by atoms with van der Waals surface area (Å²) in [4.78, 5) is 18.1. The highest BCUT2D eigenvalue weighted by Gasteiger charge is 2.16. The van der Waals surface area contributed by atoms with Crippen LogP contribution in [0.4, 0.5) is 5.13 Å². The fraction of sp³-hybridized carbons (Fsp3) is 0.667. The van der Waals surface area contributed by atoms with E-state index in [-0.39, 0.29) is 17.5 Å². The van der Waals surface area contributed by atoms with E-state index in [1.54, 1.807) is 0 Å². The van der Waals surface area contributed by atoms with Crippen LogP contribution in [-0.2, 0) is 4.79 Å². The normalized spacial score (nSPS) is 18.0. The minimum Gasteiger partial charge on any atom is -0.349 e. The molecule has 6 heteroatoms. The monoisotopic (exact) mass is 388 g/mol. The van der Waals surface area contributed by atoms with Crippen molar-refractivity contribution in [2.75, 3.05) is 5.32 Å². The van der Waals surface area contributed by atoms with E-state index < -0.39 is 0 Å². The molecule has 2 rings (SSSR count). The van der Waals surface area contributed by atoms with Crippen molar-refractivity contribution in [2.24, 2.45) is 0 Å². The molecule has 1 saturated carbocycles. The molecule has 1 aliphatic rings. The van der Waals surface area contributed by atoms with Crippen molar-refractivity contribution in [3.05, 3.63) is 22.3 Å². The molecule has 2 N–H and O–H groups in total. The molecule has 1 aliphatic carbocycles. The standard InChI is InChI=1S/C21H32N4OS/c1-16-17(2)27-21(24-16)23-15-18(14-22)20(26)25-19-12-10-8-6-4-3-5-7-9-11-13-19/h15,19H,3-13H2,1-2H3,(H,23,24)(H,25,26)/b18-15-. The number of carbonyl (C=O) groups excluding carboxylic acids is 1. The number of nitrogens with zero attached hydrogens (tertiary/aromatic N) is 2. The quantitative estimate of drug-likeness (QED) is 0.537. The number of thiazole rings is 1. The van der Waals surface area contributed by atoms with Crippen LogP contribution in [0.15, 0.2) is 11.8 Å². The number of hydrogen-bond donors (Lipinski definition) is 2. The highest BCUT2D eigenvalue weighted by Crippen LogP contribution is 2.21. The second-order valence-electron chi connectivity index (χ2n) is 7.40. The summed E-state index contributed by atoms with van der Waals surface area (Å²) in [6, 6.07) is 2.18. The fourth-order valence-electron chi connectivity index (χ4n) is 3.39. The van der Waals surface area contributed by atoms with Gasteiger partial charge in [-0.1, -0.05) is 57.8 Å². The molecule has 1 heterocycles. The Bertz CT molecular complexity index is 643. The molecule has 0 atom stereocenters. The van der Waals surface area contributed by atoms with E-state index >= 15 is 0 Å². The lowest BCUT2D eigenvalue weighted by Crippen LogP contribution is -2.35. The molecule has 0 unspecified atom stereocenters. The summed E-state index contributed by atoms with van der Waals surface area (Å²) in [5, 5.41) is 16.2.